The van der Waals surface area contributed by atoms with Crippen molar-refractivity contribution in [1.29, 1.82) is 0 Å². The summed E-state index contributed by atoms with van der Waals surface area (Å²) < 4.78 is 25.1. The van der Waals surface area contributed by atoms with Crippen LogP contribution >= 0.6 is 0 Å². The van der Waals surface area contributed by atoms with E-state index in [1.54, 1.807) is 12.1 Å². The minimum Gasteiger partial charge on any atom is -0.329 e. The fraction of sp³-hybridized carbons (Fsp3) is 0.600. The summed E-state index contributed by atoms with van der Waals surface area (Å²) in [5, 5.41) is 0. The first-order valence-corrected chi connectivity index (χ1v) is 6.81. The number of hydrogen-bond donors (Lipinski definition) is 1. The Morgan fingerprint density at radius 3 is 2.00 bits per heavy atom. The molecule has 0 aliphatic heterocycles. The molecule has 2 nitrogen and oxygen atoms in total. The quantitative estimate of drug-likeness (QED) is 0.820. The highest BCUT2D eigenvalue weighted by Gasteiger charge is 2.19. The van der Waals surface area contributed by atoms with Crippen molar-refractivity contribution in [3.05, 3.63) is 35.4 Å². The molecule has 1 atom stereocenters. The average Bonchev–Trinajstić information content (AvgIpc) is 2.38. The smallest absolute Gasteiger partial charge is 0.263 e. The molecule has 4 heteroatoms. The second-order valence-corrected chi connectivity index (χ2v) is 5.20. The van der Waals surface area contributed by atoms with Crippen LogP contribution in [0.2, 0.25) is 0 Å². The maximum atomic E-state index is 12.5. The van der Waals surface area contributed by atoms with Crippen LogP contribution in [0.25, 0.3) is 0 Å². The Hall–Kier alpha value is -1.00. The fourth-order valence-corrected chi connectivity index (χ4v) is 2.31. The molecule has 0 saturated heterocycles. The van der Waals surface area contributed by atoms with Gasteiger partial charge in [0.05, 0.1) is 0 Å². The standard InChI is InChI=1S/C15H24F2N2/c1-4-19(10-11(2)3)14(9-18)12-5-7-13(8-6-12)15(16)17/h5-8,11,14-15H,4,9-10,18H2,1-3H3. The van der Waals surface area contributed by atoms with Crippen LogP contribution in [0.3, 0.4) is 0 Å². The first-order chi connectivity index (χ1) is 8.99. The van der Waals surface area contributed by atoms with Gasteiger partial charge in [0.2, 0.25) is 0 Å². The molecule has 0 spiro atoms. The Morgan fingerprint density at radius 2 is 1.63 bits per heavy atom. The van der Waals surface area contributed by atoms with Crippen LogP contribution in [-0.4, -0.2) is 24.5 Å². The van der Waals surface area contributed by atoms with Crippen LogP contribution < -0.4 is 5.73 Å². The third-order valence-electron chi connectivity index (χ3n) is 3.24. The van der Waals surface area contributed by atoms with Crippen molar-refractivity contribution >= 4 is 0 Å². The molecular formula is C15H24F2N2. The zero-order chi connectivity index (χ0) is 14.4. The van der Waals surface area contributed by atoms with Gasteiger partial charge in [0.1, 0.15) is 0 Å². The average molecular weight is 270 g/mol. The molecule has 0 amide bonds. The van der Waals surface area contributed by atoms with Gasteiger partial charge in [0.25, 0.3) is 6.43 Å². The molecule has 0 aliphatic carbocycles. The lowest BCUT2D eigenvalue weighted by Crippen LogP contribution is -2.36. The van der Waals surface area contributed by atoms with Crippen LogP contribution in [-0.2, 0) is 0 Å². The molecule has 1 aromatic rings. The Labute approximate surface area is 114 Å². The highest BCUT2D eigenvalue weighted by molar-refractivity contribution is 5.26. The van der Waals surface area contributed by atoms with Crippen molar-refractivity contribution in [2.45, 2.75) is 33.2 Å². The van der Waals surface area contributed by atoms with Crippen molar-refractivity contribution in [1.82, 2.24) is 4.90 Å². The highest BCUT2D eigenvalue weighted by Crippen LogP contribution is 2.24. The van der Waals surface area contributed by atoms with Crippen molar-refractivity contribution in [2.24, 2.45) is 11.7 Å². The van der Waals surface area contributed by atoms with E-state index >= 15 is 0 Å². The molecule has 0 aliphatic rings. The summed E-state index contributed by atoms with van der Waals surface area (Å²) in [6.45, 7) is 8.77. The number of alkyl halides is 2. The lowest BCUT2D eigenvalue weighted by molar-refractivity contribution is 0.151. The Bertz CT molecular complexity index is 363. The zero-order valence-corrected chi connectivity index (χ0v) is 11.9. The minimum absolute atomic E-state index is 0.0615. The van der Waals surface area contributed by atoms with Gasteiger partial charge < -0.3 is 5.73 Å². The van der Waals surface area contributed by atoms with Crippen molar-refractivity contribution in [3.8, 4) is 0 Å². The van der Waals surface area contributed by atoms with E-state index in [1.165, 1.54) is 12.1 Å². The van der Waals surface area contributed by atoms with E-state index in [4.69, 9.17) is 5.73 Å². The van der Waals surface area contributed by atoms with Crippen LogP contribution in [0.1, 0.15) is 44.4 Å². The molecule has 2 N–H and O–H groups in total. The Kier molecular flexibility index (Phi) is 6.38. The van der Waals surface area contributed by atoms with E-state index in [0.717, 1.165) is 18.7 Å². The number of rotatable bonds is 7. The van der Waals surface area contributed by atoms with E-state index < -0.39 is 6.43 Å². The summed E-state index contributed by atoms with van der Waals surface area (Å²) in [7, 11) is 0. The first-order valence-electron chi connectivity index (χ1n) is 6.81. The van der Waals surface area contributed by atoms with Crippen molar-refractivity contribution in [2.75, 3.05) is 19.6 Å². The van der Waals surface area contributed by atoms with Gasteiger partial charge in [0, 0.05) is 24.7 Å². The monoisotopic (exact) mass is 270 g/mol. The SMILES string of the molecule is CCN(CC(C)C)C(CN)c1ccc(C(F)F)cc1. The Balaban J connectivity index is 2.88. The van der Waals surface area contributed by atoms with Gasteiger partial charge >= 0.3 is 0 Å². The van der Waals surface area contributed by atoms with Crippen LogP contribution in [0.5, 0.6) is 0 Å². The molecule has 0 heterocycles. The number of halogens is 2. The molecule has 0 radical (unpaired) electrons. The molecular weight excluding hydrogens is 246 g/mol. The molecule has 0 aromatic heterocycles. The van der Waals surface area contributed by atoms with Crippen LogP contribution in [0.4, 0.5) is 8.78 Å². The summed E-state index contributed by atoms with van der Waals surface area (Å²) in [5.74, 6) is 0.550. The van der Waals surface area contributed by atoms with Crippen molar-refractivity contribution < 1.29 is 8.78 Å². The van der Waals surface area contributed by atoms with Crippen LogP contribution in [0, 0.1) is 5.92 Å². The molecule has 1 unspecified atom stereocenters. The van der Waals surface area contributed by atoms with Gasteiger partial charge in [-0.15, -0.1) is 0 Å². The number of nitrogens with two attached hydrogens (primary N) is 1. The molecule has 0 saturated carbocycles. The van der Waals surface area contributed by atoms with E-state index in [9.17, 15) is 8.78 Å². The first kappa shape index (κ1) is 16.1. The topological polar surface area (TPSA) is 29.3 Å². The third kappa shape index (κ3) is 4.55. The fourth-order valence-electron chi connectivity index (χ4n) is 2.31. The van der Waals surface area contributed by atoms with E-state index in [2.05, 4.69) is 25.7 Å². The molecule has 1 rings (SSSR count). The summed E-state index contributed by atoms with van der Waals surface area (Å²) >= 11 is 0. The van der Waals surface area contributed by atoms with E-state index in [0.29, 0.717) is 12.5 Å². The summed E-state index contributed by atoms with van der Waals surface area (Å²) in [6.07, 6.45) is -2.41. The van der Waals surface area contributed by atoms with E-state index in [-0.39, 0.29) is 11.6 Å². The normalized spacial score (nSPS) is 13.5. The Morgan fingerprint density at radius 1 is 1.11 bits per heavy atom. The maximum Gasteiger partial charge on any atom is 0.263 e. The maximum absolute atomic E-state index is 12.5. The van der Waals surface area contributed by atoms with Gasteiger partial charge in [-0.25, -0.2) is 8.78 Å². The lowest BCUT2D eigenvalue weighted by Gasteiger charge is -2.31. The third-order valence-corrected chi connectivity index (χ3v) is 3.24. The zero-order valence-electron chi connectivity index (χ0n) is 11.9. The number of hydrogen-bond acceptors (Lipinski definition) is 2. The lowest BCUT2D eigenvalue weighted by atomic mass is 10.0. The predicted octanol–water partition coefficient (Wildman–Crippen LogP) is 3.60. The van der Waals surface area contributed by atoms with Gasteiger partial charge in [-0.3, -0.25) is 4.90 Å². The van der Waals surface area contributed by atoms with Crippen LogP contribution in [0.15, 0.2) is 24.3 Å². The molecule has 0 fully saturated rings. The van der Waals surface area contributed by atoms with Gasteiger partial charge in [-0.05, 0) is 18.0 Å². The second-order valence-electron chi connectivity index (χ2n) is 5.20. The van der Waals surface area contributed by atoms with Crippen molar-refractivity contribution in [3.63, 3.8) is 0 Å². The minimum atomic E-state index is -2.41. The molecule has 19 heavy (non-hydrogen) atoms. The number of benzene rings is 1. The summed E-state index contributed by atoms with van der Waals surface area (Å²) in [5.41, 5.74) is 6.94. The highest BCUT2D eigenvalue weighted by atomic mass is 19.3. The van der Waals surface area contributed by atoms with E-state index in [1.807, 2.05) is 0 Å². The number of nitrogens with zero attached hydrogens (tertiary/aromatic N) is 1. The second kappa shape index (κ2) is 7.56. The molecule has 0 bridgehead atoms. The molecule has 1 aromatic carbocycles. The van der Waals surface area contributed by atoms with Gasteiger partial charge in [-0.1, -0.05) is 45.0 Å². The van der Waals surface area contributed by atoms with Gasteiger partial charge in [0.15, 0.2) is 0 Å². The molecule has 108 valence electrons. The summed E-state index contributed by atoms with van der Waals surface area (Å²) in [6, 6.07) is 6.61. The largest absolute Gasteiger partial charge is 0.329 e. The summed E-state index contributed by atoms with van der Waals surface area (Å²) in [4.78, 5) is 2.29. The predicted molar refractivity (Wildman–Crippen MR) is 75.3 cm³/mol. The van der Waals surface area contributed by atoms with Gasteiger partial charge in [-0.2, -0.15) is 0 Å². The number of likely N-dealkylation sites (N-methyl/N-ethyl adjacent to an activating group) is 1.